The van der Waals surface area contributed by atoms with Crippen LogP contribution in [0.3, 0.4) is 0 Å². The highest BCUT2D eigenvalue weighted by atomic mass is 16.1. The maximum absolute atomic E-state index is 11.4. The lowest BCUT2D eigenvalue weighted by Crippen LogP contribution is -2.04. The fraction of sp³-hybridized carbons (Fsp3) is 0.222. The molecule has 1 aliphatic carbocycles. The molecule has 0 aromatic carbocycles. The van der Waals surface area contributed by atoms with Crippen LogP contribution in [0.4, 0.5) is 5.82 Å². The van der Waals surface area contributed by atoms with Crippen LogP contribution < -0.4 is 5.32 Å². The number of Topliss-reactive ketones (excluding diaryl/α,β-unsaturated/α-hetero) is 1. The topological polar surface area (TPSA) is 59.1 Å². The molecule has 0 fully saturated rings. The molecular formula is C9H8N2O2. The molecule has 0 unspecified atom stereocenters. The molecule has 2 rings (SSSR count). The number of hydrogen-bond acceptors (Lipinski definition) is 3. The van der Waals surface area contributed by atoms with E-state index in [1.807, 2.05) is 6.07 Å². The van der Waals surface area contributed by atoms with Crippen LogP contribution in [0.5, 0.6) is 0 Å². The summed E-state index contributed by atoms with van der Waals surface area (Å²) >= 11 is 0. The number of carbonyl (C=O) groups excluding carboxylic acids is 2. The highest BCUT2D eigenvalue weighted by Gasteiger charge is 2.23. The van der Waals surface area contributed by atoms with Crippen LogP contribution in [-0.2, 0) is 11.2 Å². The van der Waals surface area contributed by atoms with E-state index in [9.17, 15) is 9.59 Å². The molecule has 0 atom stereocenters. The summed E-state index contributed by atoms with van der Waals surface area (Å²) in [4.78, 5) is 25.5. The predicted molar refractivity (Wildman–Crippen MR) is 46.6 cm³/mol. The molecule has 0 saturated carbocycles. The Hall–Kier alpha value is -1.71. The van der Waals surface area contributed by atoms with E-state index in [-0.39, 0.29) is 5.78 Å². The third kappa shape index (κ3) is 1.20. The number of carbonyl (C=O) groups is 2. The number of anilines is 1. The van der Waals surface area contributed by atoms with Crippen LogP contribution in [-0.4, -0.2) is 17.2 Å². The Morgan fingerprint density at radius 3 is 3.08 bits per heavy atom. The number of nitrogens with one attached hydrogen (secondary N) is 1. The number of nitrogens with zero attached hydrogens (tertiary/aromatic N) is 1. The third-order valence-electron chi connectivity index (χ3n) is 2.13. The summed E-state index contributed by atoms with van der Waals surface area (Å²) < 4.78 is 0. The summed E-state index contributed by atoms with van der Waals surface area (Å²) in [6.45, 7) is 0. The molecule has 1 aromatic heterocycles. The number of aromatic nitrogens is 1. The molecule has 66 valence electrons. The lowest BCUT2D eigenvalue weighted by Gasteiger charge is -2.02. The van der Waals surface area contributed by atoms with Crippen LogP contribution in [0.25, 0.3) is 0 Å². The van der Waals surface area contributed by atoms with Gasteiger partial charge in [-0.25, -0.2) is 4.98 Å². The normalized spacial score (nSPS) is 14.0. The van der Waals surface area contributed by atoms with Crippen molar-refractivity contribution in [2.75, 3.05) is 5.32 Å². The number of hydrogen-bond donors (Lipinski definition) is 1. The second-order valence-electron chi connectivity index (χ2n) is 2.88. The Morgan fingerprint density at radius 2 is 2.31 bits per heavy atom. The van der Waals surface area contributed by atoms with E-state index < -0.39 is 0 Å². The van der Waals surface area contributed by atoms with Crippen molar-refractivity contribution in [3.63, 3.8) is 0 Å². The Balaban J connectivity index is 2.52. The van der Waals surface area contributed by atoms with E-state index in [2.05, 4.69) is 10.3 Å². The van der Waals surface area contributed by atoms with Crippen molar-refractivity contribution in [2.24, 2.45) is 0 Å². The van der Waals surface area contributed by atoms with Crippen LogP contribution in [0.1, 0.15) is 22.3 Å². The van der Waals surface area contributed by atoms with Crippen LogP contribution in [0.2, 0.25) is 0 Å². The molecule has 0 spiro atoms. The van der Waals surface area contributed by atoms with Crippen molar-refractivity contribution in [3.8, 4) is 0 Å². The van der Waals surface area contributed by atoms with Crippen LogP contribution in [0, 0.1) is 0 Å². The fourth-order valence-corrected chi connectivity index (χ4v) is 1.56. The van der Waals surface area contributed by atoms with E-state index in [0.717, 1.165) is 12.0 Å². The van der Waals surface area contributed by atoms with Crippen molar-refractivity contribution < 1.29 is 9.59 Å². The van der Waals surface area contributed by atoms with Gasteiger partial charge in [0.25, 0.3) is 0 Å². The molecule has 13 heavy (non-hydrogen) atoms. The lowest BCUT2D eigenvalue weighted by atomic mass is 10.1. The van der Waals surface area contributed by atoms with Crippen LogP contribution >= 0.6 is 0 Å². The summed E-state index contributed by atoms with van der Waals surface area (Å²) in [5, 5.41) is 2.43. The number of rotatable bonds is 2. The molecule has 0 aliphatic heterocycles. The smallest absolute Gasteiger partial charge is 0.212 e. The second-order valence-corrected chi connectivity index (χ2v) is 2.88. The van der Waals surface area contributed by atoms with Gasteiger partial charge in [0.2, 0.25) is 6.41 Å². The average molecular weight is 176 g/mol. The highest BCUT2D eigenvalue weighted by Crippen LogP contribution is 2.26. The van der Waals surface area contributed by atoms with Crippen LogP contribution in [0.15, 0.2) is 12.3 Å². The van der Waals surface area contributed by atoms with Crippen molar-refractivity contribution in [2.45, 2.75) is 12.8 Å². The first-order chi connectivity index (χ1) is 6.33. The monoisotopic (exact) mass is 176 g/mol. The largest absolute Gasteiger partial charge is 0.313 e. The van der Waals surface area contributed by atoms with Gasteiger partial charge in [-0.15, -0.1) is 0 Å². The second kappa shape index (κ2) is 2.97. The molecule has 4 nitrogen and oxygen atoms in total. The van der Waals surface area contributed by atoms with E-state index in [1.165, 1.54) is 0 Å². The Kier molecular flexibility index (Phi) is 1.81. The van der Waals surface area contributed by atoms with Crippen molar-refractivity contribution in [3.05, 3.63) is 23.4 Å². The summed E-state index contributed by atoms with van der Waals surface area (Å²) in [5.74, 6) is 0.447. The number of ketones is 1. The summed E-state index contributed by atoms with van der Waals surface area (Å²) in [5.41, 5.74) is 1.55. The molecule has 1 heterocycles. The summed E-state index contributed by atoms with van der Waals surface area (Å²) in [6.07, 6.45) is 3.41. The minimum Gasteiger partial charge on any atom is -0.313 e. The van der Waals surface area contributed by atoms with Gasteiger partial charge >= 0.3 is 0 Å². The van der Waals surface area contributed by atoms with Gasteiger partial charge in [-0.2, -0.15) is 0 Å². The molecule has 4 heteroatoms. The number of pyridine rings is 1. The molecule has 1 aliphatic rings. The lowest BCUT2D eigenvalue weighted by molar-refractivity contribution is -0.105. The molecule has 0 radical (unpaired) electrons. The van der Waals surface area contributed by atoms with Crippen molar-refractivity contribution >= 4 is 18.0 Å². The van der Waals surface area contributed by atoms with E-state index in [4.69, 9.17) is 0 Å². The molecule has 1 amide bonds. The van der Waals surface area contributed by atoms with Gasteiger partial charge in [0.05, 0.1) is 5.56 Å². The molecule has 0 bridgehead atoms. The van der Waals surface area contributed by atoms with Crippen molar-refractivity contribution in [1.29, 1.82) is 0 Å². The maximum atomic E-state index is 11.4. The number of fused-ring (bicyclic) bond motifs is 1. The molecule has 1 N–H and O–H groups in total. The Morgan fingerprint density at radius 1 is 1.46 bits per heavy atom. The van der Waals surface area contributed by atoms with Gasteiger partial charge in [-0.1, -0.05) is 0 Å². The SMILES string of the molecule is O=CNc1nccc2c1C(=O)CC2. The summed E-state index contributed by atoms with van der Waals surface area (Å²) in [7, 11) is 0. The molecule has 0 saturated heterocycles. The van der Waals surface area contributed by atoms with Gasteiger partial charge in [-0.3, -0.25) is 9.59 Å². The third-order valence-corrected chi connectivity index (χ3v) is 2.13. The first-order valence-electron chi connectivity index (χ1n) is 4.04. The van der Waals surface area contributed by atoms with Gasteiger partial charge in [0, 0.05) is 12.6 Å². The average Bonchev–Trinajstić information content (AvgIpc) is 2.50. The van der Waals surface area contributed by atoms with Gasteiger partial charge in [0.1, 0.15) is 5.82 Å². The predicted octanol–water partition coefficient (Wildman–Crippen LogP) is 0.779. The Bertz CT molecular complexity index is 374. The Labute approximate surface area is 75.0 Å². The zero-order valence-corrected chi connectivity index (χ0v) is 6.91. The van der Waals surface area contributed by atoms with Gasteiger partial charge in [-0.05, 0) is 18.1 Å². The minimum atomic E-state index is 0.0625. The van der Waals surface area contributed by atoms with E-state index in [1.54, 1.807) is 6.20 Å². The fourth-order valence-electron chi connectivity index (χ4n) is 1.56. The highest BCUT2D eigenvalue weighted by molar-refractivity contribution is 6.05. The molecular weight excluding hydrogens is 168 g/mol. The maximum Gasteiger partial charge on any atom is 0.212 e. The summed E-state index contributed by atoms with van der Waals surface area (Å²) in [6, 6.07) is 1.82. The van der Waals surface area contributed by atoms with E-state index in [0.29, 0.717) is 24.2 Å². The number of amides is 1. The zero-order valence-electron chi connectivity index (χ0n) is 6.91. The number of aryl methyl sites for hydroxylation is 1. The molecule has 1 aromatic rings. The first-order valence-corrected chi connectivity index (χ1v) is 4.04. The van der Waals surface area contributed by atoms with E-state index >= 15 is 0 Å². The standard InChI is InChI=1S/C9H8N2O2/c12-5-11-9-8-6(3-4-10-9)1-2-7(8)13/h3-5H,1-2H2,(H,10,11,12). The van der Waals surface area contributed by atoms with Crippen molar-refractivity contribution in [1.82, 2.24) is 4.98 Å². The minimum absolute atomic E-state index is 0.0625. The van der Waals surface area contributed by atoms with Gasteiger partial charge < -0.3 is 5.32 Å². The first kappa shape index (κ1) is 7.91. The van der Waals surface area contributed by atoms with Gasteiger partial charge in [0.15, 0.2) is 5.78 Å². The zero-order chi connectivity index (χ0) is 9.26. The quantitative estimate of drug-likeness (QED) is 0.677.